The Bertz CT molecular complexity index is 769. The van der Waals surface area contributed by atoms with Crippen molar-refractivity contribution in [2.75, 3.05) is 0 Å². The number of hydrogen-bond donors (Lipinski definition) is 1. The molecule has 0 aliphatic heterocycles. The number of hydrogen-bond acceptors (Lipinski definition) is 3. The van der Waals surface area contributed by atoms with Crippen LogP contribution in [-0.4, -0.2) is 21.9 Å². The number of carbonyl (C=O) groups excluding carboxylic acids is 1. The summed E-state index contributed by atoms with van der Waals surface area (Å²) in [5, 5.41) is 8.46. The molecular weight excluding hydrogens is 319 g/mol. The fraction of sp³-hybridized carbons (Fsp3) is 0.312. The molecule has 5 nitrogen and oxygen atoms in total. The Morgan fingerprint density at radius 3 is 2.78 bits per heavy atom. The van der Waals surface area contributed by atoms with E-state index >= 15 is 0 Å². The molecule has 0 bridgehead atoms. The highest BCUT2D eigenvalue weighted by molar-refractivity contribution is 6.30. The van der Waals surface area contributed by atoms with E-state index in [2.05, 4.69) is 15.6 Å². The second kappa shape index (κ2) is 6.12. The molecule has 2 unspecified atom stereocenters. The number of nitrogens with one attached hydrogen (secondary N) is 1. The lowest BCUT2D eigenvalue weighted by atomic mass is 10.1. The minimum Gasteiger partial charge on any atom is -0.273 e. The lowest BCUT2D eigenvalue weighted by Gasteiger charge is -2.00. The van der Waals surface area contributed by atoms with Gasteiger partial charge in [-0.15, -0.1) is 0 Å². The highest BCUT2D eigenvalue weighted by Gasteiger charge is 2.43. The molecule has 0 saturated heterocycles. The summed E-state index contributed by atoms with van der Waals surface area (Å²) in [5.41, 5.74) is 4.36. The predicted octanol–water partition coefficient (Wildman–Crippen LogP) is 2.77. The van der Waals surface area contributed by atoms with Crippen LogP contribution in [0.2, 0.25) is 5.02 Å². The van der Waals surface area contributed by atoms with Gasteiger partial charge < -0.3 is 0 Å². The Morgan fingerprint density at radius 1 is 1.48 bits per heavy atom. The maximum absolute atomic E-state index is 13.7. The smallest absolute Gasteiger partial charge is 0.243 e. The van der Waals surface area contributed by atoms with Gasteiger partial charge in [0.2, 0.25) is 11.9 Å². The zero-order valence-electron chi connectivity index (χ0n) is 12.8. The SMILES string of the molecule is Cc1nn(C)c(F)c1C=NNC(=O)C1CC1c1ccc(Cl)cc1. The van der Waals surface area contributed by atoms with Gasteiger partial charge in [0.05, 0.1) is 17.5 Å². The summed E-state index contributed by atoms with van der Waals surface area (Å²) in [5.74, 6) is -0.554. The first-order chi connectivity index (χ1) is 11.0. The van der Waals surface area contributed by atoms with Gasteiger partial charge in [0.1, 0.15) is 0 Å². The lowest BCUT2D eigenvalue weighted by Crippen LogP contribution is -2.20. The quantitative estimate of drug-likeness (QED) is 0.690. The summed E-state index contributed by atoms with van der Waals surface area (Å²) in [6.07, 6.45) is 2.07. The molecule has 1 aromatic carbocycles. The van der Waals surface area contributed by atoms with Gasteiger partial charge in [-0.3, -0.25) is 4.79 Å². The van der Waals surface area contributed by atoms with Gasteiger partial charge in [-0.2, -0.15) is 14.6 Å². The first-order valence-corrected chi connectivity index (χ1v) is 7.62. The van der Waals surface area contributed by atoms with Crippen molar-refractivity contribution in [3.8, 4) is 0 Å². The van der Waals surface area contributed by atoms with Crippen LogP contribution in [0.4, 0.5) is 4.39 Å². The van der Waals surface area contributed by atoms with Gasteiger partial charge >= 0.3 is 0 Å². The fourth-order valence-electron chi connectivity index (χ4n) is 2.60. The zero-order valence-corrected chi connectivity index (χ0v) is 13.5. The third-order valence-corrected chi connectivity index (χ3v) is 4.24. The number of amides is 1. The molecule has 1 aliphatic rings. The van der Waals surface area contributed by atoms with Crippen molar-refractivity contribution in [3.05, 3.63) is 52.1 Å². The van der Waals surface area contributed by atoms with E-state index in [9.17, 15) is 9.18 Å². The monoisotopic (exact) mass is 334 g/mol. The zero-order chi connectivity index (χ0) is 16.6. The summed E-state index contributed by atoms with van der Waals surface area (Å²) >= 11 is 5.85. The van der Waals surface area contributed by atoms with Crippen LogP contribution in [0.5, 0.6) is 0 Å². The van der Waals surface area contributed by atoms with Crippen LogP contribution in [0.15, 0.2) is 29.4 Å². The van der Waals surface area contributed by atoms with Gasteiger partial charge in [-0.05, 0) is 37.0 Å². The maximum atomic E-state index is 13.7. The molecule has 1 fully saturated rings. The highest BCUT2D eigenvalue weighted by atomic mass is 35.5. The molecular formula is C16H16ClFN4O. The summed E-state index contributed by atoms with van der Waals surface area (Å²) in [6, 6.07) is 7.49. The number of halogens is 2. The van der Waals surface area contributed by atoms with Crippen molar-refractivity contribution in [1.29, 1.82) is 0 Å². The van der Waals surface area contributed by atoms with Gasteiger partial charge in [0.15, 0.2) is 0 Å². The van der Waals surface area contributed by atoms with Crippen molar-refractivity contribution in [3.63, 3.8) is 0 Å². The number of benzene rings is 1. The number of aromatic nitrogens is 2. The third kappa shape index (κ3) is 3.27. The van der Waals surface area contributed by atoms with E-state index in [1.807, 2.05) is 24.3 Å². The molecule has 7 heteroatoms. The Hall–Kier alpha value is -2.21. The van der Waals surface area contributed by atoms with Gasteiger partial charge in [-0.1, -0.05) is 23.7 Å². The second-order valence-electron chi connectivity index (χ2n) is 5.65. The van der Waals surface area contributed by atoms with Gasteiger partial charge in [-0.25, -0.2) is 10.1 Å². The van der Waals surface area contributed by atoms with Crippen LogP contribution >= 0.6 is 11.6 Å². The number of rotatable bonds is 4. The van der Waals surface area contributed by atoms with Crippen LogP contribution in [0.3, 0.4) is 0 Å². The highest BCUT2D eigenvalue weighted by Crippen LogP contribution is 2.47. The van der Waals surface area contributed by atoms with E-state index in [0.29, 0.717) is 10.7 Å². The largest absolute Gasteiger partial charge is 0.273 e. The molecule has 120 valence electrons. The van der Waals surface area contributed by atoms with Crippen LogP contribution in [0, 0.1) is 18.8 Å². The number of aryl methyl sites for hydroxylation is 2. The molecule has 1 N–H and O–H groups in total. The molecule has 23 heavy (non-hydrogen) atoms. The summed E-state index contributed by atoms with van der Waals surface area (Å²) < 4.78 is 14.9. The normalized spacial score (nSPS) is 20.0. The molecule has 0 radical (unpaired) electrons. The Labute approximate surface area is 138 Å². The van der Waals surface area contributed by atoms with Crippen LogP contribution in [0.25, 0.3) is 0 Å². The number of carbonyl (C=O) groups is 1. The molecule has 2 atom stereocenters. The van der Waals surface area contributed by atoms with Crippen molar-refractivity contribution in [1.82, 2.24) is 15.2 Å². The average Bonchev–Trinajstić information content (AvgIpc) is 3.27. The van der Waals surface area contributed by atoms with Crippen molar-refractivity contribution in [2.24, 2.45) is 18.1 Å². The summed E-state index contributed by atoms with van der Waals surface area (Å²) in [4.78, 5) is 12.1. The van der Waals surface area contributed by atoms with Crippen molar-refractivity contribution < 1.29 is 9.18 Å². The molecule has 1 amide bonds. The van der Waals surface area contributed by atoms with Crippen molar-refractivity contribution >= 4 is 23.7 Å². The van der Waals surface area contributed by atoms with Crippen molar-refractivity contribution in [2.45, 2.75) is 19.3 Å². The van der Waals surface area contributed by atoms with E-state index in [4.69, 9.17) is 11.6 Å². The molecule has 0 spiro atoms. The van der Waals surface area contributed by atoms with E-state index in [-0.39, 0.29) is 23.3 Å². The van der Waals surface area contributed by atoms with Gasteiger partial charge in [0, 0.05) is 18.0 Å². The Balaban J connectivity index is 1.58. The first kappa shape index (κ1) is 15.7. The van der Waals surface area contributed by atoms with Crippen LogP contribution in [0.1, 0.15) is 29.2 Å². The predicted molar refractivity (Wildman–Crippen MR) is 85.9 cm³/mol. The molecule has 3 rings (SSSR count). The average molecular weight is 335 g/mol. The number of nitrogens with zero attached hydrogens (tertiary/aromatic N) is 3. The van der Waals surface area contributed by atoms with Gasteiger partial charge in [0.25, 0.3) is 0 Å². The van der Waals surface area contributed by atoms with E-state index in [0.717, 1.165) is 16.7 Å². The molecule has 1 aromatic heterocycles. The fourth-order valence-corrected chi connectivity index (χ4v) is 2.73. The van der Waals surface area contributed by atoms with Crippen LogP contribution < -0.4 is 5.43 Å². The summed E-state index contributed by atoms with van der Waals surface area (Å²) in [6.45, 7) is 1.68. The molecule has 1 saturated carbocycles. The Morgan fingerprint density at radius 2 is 2.17 bits per heavy atom. The number of hydrazone groups is 1. The van der Waals surface area contributed by atoms with E-state index in [1.165, 1.54) is 13.3 Å². The van der Waals surface area contributed by atoms with E-state index < -0.39 is 5.95 Å². The molecule has 2 aromatic rings. The lowest BCUT2D eigenvalue weighted by molar-refractivity contribution is -0.122. The maximum Gasteiger partial charge on any atom is 0.243 e. The minimum absolute atomic E-state index is 0.104. The third-order valence-electron chi connectivity index (χ3n) is 3.99. The minimum atomic E-state index is -0.481. The topological polar surface area (TPSA) is 59.3 Å². The second-order valence-corrected chi connectivity index (χ2v) is 6.08. The standard InChI is InChI=1S/C16H16ClFN4O/c1-9-14(15(18)22(2)21-9)8-19-20-16(23)13-7-12(13)10-3-5-11(17)6-4-10/h3-6,8,12-13H,7H2,1-2H3,(H,20,23). The molecule has 1 aliphatic carbocycles. The molecule has 1 heterocycles. The summed E-state index contributed by atoms with van der Waals surface area (Å²) in [7, 11) is 1.51. The first-order valence-electron chi connectivity index (χ1n) is 7.25. The van der Waals surface area contributed by atoms with Crippen LogP contribution in [-0.2, 0) is 11.8 Å². The Kier molecular flexibility index (Phi) is 4.17. The van der Waals surface area contributed by atoms with E-state index in [1.54, 1.807) is 6.92 Å².